The third kappa shape index (κ3) is 4.53. The molecule has 1 aliphatic rings. The van der Waals surface area contributed by atoms with Crippen molar-refractivity contribution in [2.24, 2.45) is 0 Å². The summed E-state index contributed by atoms with van der Waals surface area (Å²) < 4.78 is 5.08. The van der Waals surface area contributed by atoms with Crippen molar-refractivity contribution in [1.29, 1.82) is 0 Å². The molecule has 1 saturated heterocycles. The van der Waals surface area contributed by atoms with E-state index in [0.717, 1.165) is 36.5 Å². The Morgan fingerprint density at radius 1 is 1.29 bits per heavy atom. The summed E-state index contributed by atoms with van der Waals surface area (Å²) in [6.45, 7) is 1.83. The number of aliphatic hydroxyl groups is 1. The van der Waals surface area contributed by atoms with Gasteiger partial charge in [-0.15, -0.1) is 16.4 Å². The molecule has 24 heavy (non-hydrogen) atoms. The Labute approximate surface area is 147 Å². The molecule has 0 aliphatic carbocycles. The molecule has 6 heteroatoms. The van der Waals surface area contributed by atoms with Gasteiger partial charge in [0.1, 0.15) is 0 Å². The van der Waals surface area contributed by atoms with E-state index in [2.05, 4.69) is 15.1 Å². The van der Waals surface area contributed by atoms with Gasteiger partial charge >= 0.3 is 0 Å². The molecule has 0 radical (unpaired) electrons. The third-order valence-corrected chi connectivity index (χ3v) is 5.61. The first-order valence-electron chi connectivity index (χ1n) is 8.58. The summed E-state index contributed by atoms with van der Waals surface area (Å²) in [6.07, 6.45) is 5.23. The van der Waals surface area contributed by atoms with Gasteiger partial charge in [0, 0.05) is 23.5 Å². The van der Waals surface area contributed by atoms with Crippen molar-refractivity contribution in [2.45, 2.75) is 50.8 Å². The van der Waals surface area contributed by atoms with Gasteiger partial charge in [0.05, 0.1) is 18.9 Å². The van der Waals surface area contributed by atoms with Crippen LogP contribution in [0.1, 0.15) is 48.8 Å². The molecule has 2 atom stereocenters. The standard InChI is InChI=1S/C18H25N3O2S/c1-23-18-9-8-14(19-20-18)13-21-10-4-2-3-6-15(21)12-16(22)17-7-5-11-24-17/h5,7-9,11,15-16,22H,2-4,6,10,12-13H2,1H3/t15-,16-/m0/s1. The number of nitrogens with zero attached hydrogens (tertiary/aromatic N) is 3. The number of hydrogen-bond acceptors (Lipinski definition) is 6. The SMILES string of the molecule is COc1ccc(CN2CCCCC[C@H]2C[C@H](O)c2cccs2)nn1. The zero-order chi connectivity index (χ0) is 16.8. The van der Waals surface area contributed by atoms with E-state index in [0.29, 0.717) is 11.9 Å². The van der Waals surface area contributed by atoms with E-state index < -0.39 is 0 Å². The van der Waals surface area contributed by atoms with Crippen LogP contribution in [0.25, 0.3) is 0 Å². The number of likely N-dealkylation sites (tertiary alicyclic amines) is 1. The van der Waals surface area contributed by atoms with Crippen LogP contribution in [-0.2, 0) is 6.54 Å². The Hall–Kier alpha value is -1.50. The van der Waals surface area contributed by atoms with Gasteiger partial charge in [0.2, 0.25) is 5.88 Å². The van der Waals surface area contributed by atoms with Crippen molar-refractivity contribution < 1.29 is 9.84 Å². The minimum absolute atomic E-state index is 0.377. The number of aromatic nitrogens is 2. The highest BCUT2D eigenvalue weighted by Gasteiger charge is 2.25. The summed E-state index contributed by atoms with van der Waals surface area (Å²) in [6, 6.07) is 8.24. The average Bonchev–Trinajstić information content (AvgIpc) is 3.07. The Bertz CT molecular complexity index is 603. The molecule has 130 valence electrons. The first-order valence-corrected chi connectivity index (χ1v) is 9.46. The zero-order valence-corrected chi connectivity index (χ0v) is 14.9. The topological polar surface area (TPSA) is 58.5 Å². The Balaban J connectivity index is 1.67. The molecule has 0 saturated carbocycles. The van der Waals surface area contributed by atoms with Gasteiger partial charge in [-0.1, -0.05) is 18.9 Å². The maximum atomic E-state index is 10.5. The lowest BCUT2D eigenvalue weighted by molar-refractivity contribution is 0.0986. The number of ether oxygens (including phenoxy) is 1. The maximum Gasteiger partial charge on any atom is 0.233 e. The highest BCUT2D eigenvalue weighted by molar-refractivity contribution is 7.10. The van der Waals surface area contributed by atoms with E-state index in [9.17, 15) is 5.11 Å². The molecule has 2 aromatic heterocycles. The summed E-state index contributed by atoms with van der Waals surface area (Å²) in [7, 11) is 1.60. The van der Waals surface area contributed by atoms with E-state index in [1.807, 2.05) is 29.6 Å². The molecule has 0 spiro atoms. The fourth-order valence-corrected chi connectivity index (χ4v) is 4.04. The molecule has 5 nitrogen and oxygen atoms in total. The predicted molar refractivity (Wildman–Crippen MR) is 95.1 cm³/mol. The largest absolute Gasteiger partial charge is 0.480 e. The third-order valence-electron chi connectivity index (χ3n) is 4.64. The first kappa shape index (κ1) is 17.3. The van der Waals surface area contributed by atoms with Crippen LogP contribution in [0.5, 0.6) is 5.88 Å². The first-order chi connectivity index (χ1) is 11.8. The van der Waals surface area contributed by atoms with Gasteiger partial charge in [-0.25, -0.2) is 0 Å². The lowest BCUT2D eigenvalue weighted by Crippen LogP contribution is -2.35. The average molecular weight is 347 g/mol. The van der Waals surface area contributed by atoms with Gasteiger partial charge in [0.15, 0.2) is 0 Å². The zero-order valence-electron chi connectivity index (χ0n) is 14.1. The van der Waals surface area contributed by atoms with Crippen molar-refractivity contribution in [3.63, 3.8) is 0 Å². The van der Waals surface area contributed by atoms with E-state index in [-0.39, 0.29) is 6.10 Å². The van der Waals surface area contributed by atoms with Gasteiger partial charge in [-0.3, -0.25) is 4.90 Å². The van der Waals surface area contributed by atoms with Crippen molar-refractivity contribution in [3.8, 4) is 5.88 Å². The maximum absolute atomic E-state index is 10.5. The minimum atomic E-state index is -0.377. The summed E-state index contributed by atoms with van der Waals surface area (Å²) >= 11 is 1.63. The van der Waals surface area contributed by atoms with Crippen LogP contribution in [0, 0.1) is 0 Å². The highest BCUT2D eigenvalue weighted by Crippen LogP contribution is 2.29. The van der Waals surface area contributed by atoms with Gasteiger partial charge in [-0.2, -0.15) is 5.10 Å². The molecule has 2 aromatic rings. The van der Waals surface area contributed by atoms with Gasteiger partial charge in [-0.05, 0) is 43.3 Å². The van der Waals surface area contributed by atoms with Crippen LogP contribution < -0.4 is 4.74 Å². The lowest BCUT2D eigenvalue weighted by Gasteiger charge is -2.31. The van der Waals surface area contributed by atoms with E-state index in [1.54, 1.807) is 18.4 Å². The number of rotatable bonds is 6. The monoisotopic (exact) mass is 347 g/mol. The Morgan fingerprint density at radius 3 is 2.92 bits per heavy atom. The molecule has 0 aromatic carbocycles. The van der Waals surface area contributed by atoms with Crippen molar-refractivity contribution in [3.05, 3.63) is 40.2 Å². The fourth-order valence-electron chi connectivity index (χ4n) is 3.32. The van der Waals surface area contributed by atoms with Crippen molar-refractivity contribution in [1.82, 2.24) is 15.1 Å². The minimum Gasteiger partial charge on any atom is -0.480 e. The van der Waals surface area contributed by atoms with Gasteiger partial charge < -0.3 is 9.84 Å². The van der Waals surface area contributed by atoms with Crippen LogP contribution in [0.15, 0.2) is 29.6 Å². The van der Waals surface area contributed by atoms with Crippen molar-refractivity contribution >= 4 is 11.3 Å². The second kappa shape index (κ2) is 8.55. The summed E-state index contributed by atoms with van der Waals surface area (Å²) in [4.78, 5) is 3.52. The normalized spacial score (nSPS) is 20.5. The molecular weight excluding hydrogens is 322 g/mol. The van der Waals surface area contributed by atoms with Crippen LogP contribution in [0.2, 0.25) is 0 Å². The molecule has 1 N–H and O–H groups in total. The van der Waals surface area contributed by atoms with E-state index >= 15 is 0 Å². The smallest absolute Gasteiger partial charge is 0.233 e. The quantitative estimate of drug-likeness (QED) is 0.868. The molecule has 0 unspecified atom stereocenters. The second-order valence-corrected chi connectivity index (χ2v) is 7.29. The lowest BCUT2D eigenvalue weighted by atomic mass is 10.0. The Morgan fingerprint density at radius 2 is 2.21 bits per heavy atom. The molecular formula is C18H25N3O2S. The van der Waals surface area contributed by atoms with E-state index in [4.69, 9.17) is 4.74 Å². The summed E-state index contributed by atoms with van der Waals surface area (Å²) in [5, 5.41) is 20.9. The Kier molecular flexibility index (Phi) is 6.18. The number of thiophene rings is 1. The number of hydrogen-bond donors (Lipinski definition) is 1. The summed E-state index contributed by atoms with van der Waals surface area (Å²) in [5.74, 6) is 0.541. The number of methoxy groups -OCH3 is 1. The molecule has 0 bridgehead atoms. The van der Waals surface area contributed by atoms with Crippen molar-refractivity contribution in [2.75, 3.05) is 13.7 Å². The van der Waals surface area contributed by atoms with Gasteiger partial charge in [0.25, 0.3) is 0 Å². The second-order valence-electron chi connectivity index (χ2n) is 6.31. The molecule has 1 aliphatic heterocycles. The molecule has 0 amide bonds. The van der Waals surface area contributed by atoms with Crippen LogP contribution in [-0.4, -0.2) is 39.9 Å². The predicted octanol–water partition coefficient (Wildman–Crippen LogP) is 3.42. The van der Waals surface area contributed by atoms with Crippen LogP contribution >= 0.6 is 11.3 Å². The molecule has 3 heterocycles. The van der Waals surface area contributed by atoms with E-state index in [1.165, 1.54) is 19.3 Å². The molecule has 3 rings (SSSR count). The molecule has 1 fully saturated rings. The highest BCUT2D eigenvalue weighted by atomic mass is 32.1. The number of aliphatic hydroxyl groups excluding tert-OH is 1. The van der Waals surface area contributed by atoms with Crippen LogP contribution in [0.3, 0.4) is 0 Å². The summed E-state index contributed by atoms with van der Waals surface area (Å²) in [5.41, 5.74) is 0.952. The van der Waals surface area contributed by atoms with Crippen LogP contribution in [0.4, 0.5) is 0 Å². The fraction of sp³-hybridized carbons (Fsp3) is 0.556.